The van der Waals surface area contributed by atoms with Crippen LogP contribution in [-0.2, 0) is 10.0 Å². The molecule has 0 unspecified atom stereocenters. The maximum Gasteiger partial charge on any atom is 0.245 e. The molecule has 3 aromatic rings. The Labute approximate surface area is 176 Å². The number of rotatable bonds is 5. The van der Waals surface area contributed by atoms with Crippen LogP contribution in [0.15, 0.2) is 39.9 Å². The van der Waals surface area contributed by atoms with Crippen molar-refractivity contribution < 1.29 is 12.9 Å². The Morgan fingerprint density at radius 2 is 1.83 bits per heavy atom. The molecule has 0 bridgehead atoms. The standard InChI is InChI=1S/C21H27N5O3S/c1-14(2)20-23-21(29-24-20)16(4)25-8-10-26(11-9-25)30(27,28)18-7-5-6-17-12-15(3)13-22-19(17)18/h5-7,12-14,16H,8-11H2,1-4H3/t16-/m1/s1. The van der Waals surface area contributed by atoms with Gasteiger partial charge in [-0.3, -0.25) is 9.88 Å². The first-order chi connectivity index (χ1) is 14.3. The van der Waals surface area contributed by atoms with E-state index in [2.05, 4.69) is 20.0 Å². The van der Waals surface area contributed by atoms with E-state index in [1.54, 1.807) is 22.6 Å². The zero-order valence-corrected chi connectivity index (χ0v) is 18.6. The molecular formula is C21H27N5O3S. The maximum absolute atomic E-state index is 13.3. The number of benzene rings is 1. The van der Waals surface area contributed by atoms with Gasteiger partial charge in [-0.1, -0.05) is 31.1 Å². The number of aryl methyl sites for hydroxylation is 1. The number of sulfonamides is 1. The number of hydrogen-bond acceptors (Lipinski definition) is 7. The average Bonchev–Trinajstić information content (AvgIpc) is 3.23. The van der Waals surface area contributed by atoms with E-state index in [1.807, 2.05) is 39.8 Å². The van der Waals surface area contributed by atoms with E-state index in [0.717, 1.165) is 10.9 Å². The highest BCUT2D eigenvalue weighted by molar-refractivity contribution is 7.89. The molecule has 8 nitrogen and oxygen atoms in total. The number of hydrogen-bond donors (Lipinski definition) is 0. The molecule has 160 valence electrons. The Morgan fingerprint density at radius 1 is 1.10 bits per heavy atom. The lowest BCUT2D eigenvalue weighted by atomic mass is 10.2. The van der Waals surface area contributed by atoms with Crippen molar-refractivity contribution in [2.75, 3.05) is 26.2 Å². The fraction of sp³-hybridized carbons (Fsp3) is 0.476. The fourth-order valence-electron chi connectivity index (χ4n) is 3.73. The lowest BCUT2D eigenvalue weighted by Crippen LogP contribution is -2.49. The summed E-state index contributed by atoms with van der Waals surface area (Å²) in [6.07, 6.45) is 1.71. The van der Waals surface area contributed by atoms with Gasteiger partial charge in [-0.25, -0.2) is 8.42 Å². The third kappa shape index (κ3) is 3.84. The van der Waals surface area contributed by atoms with Crippen LogP contribution in [0.4, 0.5) is 0 Å². The van der Waals surface area contributed by atoms with Crippen LogP contribution in [-0.4, -0.2) is 58.9 Å². The predicted octanol–water partition coefficient (Wildman–Crippen LogP) is 3.12. The molecule has 4 rings (SSSR count). The van der Waals surface area contributed by atoms with Crippen molar-refractivity contribution in [3.05, 3.63) is 47.7 Å². The Balaban J connectivity index is 1.51. The van der Waals surface area contributed by atoms with Gasteiger partial charge in [0.25, 0.3) is 0 Å². The first-order valence-electron chi connectivity index (χ1n) is 10.2. The minimum Gasteiger partial charge on any atom is -0.338 e. The van der Waals surface area contributed by atoms with Crippen LogP contribution in [0.3, 0.4) is 0 Å². The average molecular weight is 430 g/mol. The Kier molecular flexibility index (Phi) is 5.61. The highest BCUT2D eigenvalue weighted by Gasteiger charge is 2.33. The molecule has 0 saturated carbocycles. The predicted molar refractivity (Wildman–Crippen MR) is 114 cm³/mol. The molecular weight excluding hydrogens is 402 g/mol. The molecule has 2 aromatic heterocycles. The second-order valence-electron chi connectivity index (χ2n) is 8.10. The SMILES string of the molecule is Cc1cnc2c(S(=O)(=O)N3CCN([C@H](C)c4nc(C(C)C)no4)CC3)cccc2c1. The van der Waals surface area contributed by atoms with Crippen LogP contribution < -0.4 is 0 Å². The first-order valence-corrected chi connectivity index (χ1v) is 11.6. The summed E-state index contributed by atoms with van der Waals surface area (Å²) in [6, 6.07) is 7.20. The van der Waals surface area contributed by atoms with E-state index in [1.165, 1.54) is 0 Å². The van der Waals surface area contributed by atoms with E-state index in [9.17, 15) is 8.42 Å². The Bertz CT molecular complexity index is 1150. The molecule has 1 aliphatic rings. The van der Waals surface area contributed by atoms with Gasteiger partial charge in [0, 0.05) is 43.7 Å². The summed E-state index contributed by atoms with van der Waals surface area (Å²) in [5, 5.41) is 4.87. The third-order valence-corrected chi connectivity index (χ3v) is 7.51. The maximum atomic E-state index is 13.3. The van der Waals surface area contributed by atoms with E-state index >= 15 is 0 Å². The van der Waals surface area contributed by atoms with Gasteiger partial charge in [0.15, 0.2) is 5.82 Å². The Hall–Kier alpha value is -2.36. The molecule has 30 heavy (non-hydrogen) atoms. The molecule has 1 fully saturated rings. The van der Waals surface area contributed by atoms with Crippen LogP contribution in [0.2, 0.25) is 0 Å². The van der Waals surface area contributed by atoms with Gasteiger partial charge in [-0.05, 0) is 31.5 Å². The van der Waals surface area contributed by atoms with Crippen molar-refractivity contribution in [2.45, 2.75) is 44.6 Å². The molecule has 0 amide bonds. The second-order valence-corrected chi connectivity index (χ2v) is 10.0. The topological polar surface area (TPSA) is 92.4 Å². The molecule has 1 aromatic carbocycles. The van der Waals surface area contributed by atoms with E-state index in [4.69, 9.17) is 4.52 Å². The van der Waals surface area contributed by atoms with Gasteiger partial charge in [0.05, 0.1) is 11.6 Å². The molecule has 9 heteroatoms. The number of piperazine rings is 1. The highest BCUT2D eigenvalue weighted by atomic mass is 32.2. The van der Waals surface area contributed by atoms with E-state index < -0.39 is 10.0 Å². The van der Waals surface area contributed by atoms with Gasteiger partial charge in [0.2, 0.25) is 15.9 Å². The second kappa shape index (κ2) is 8.05. The van der Waals surface area contributed by atoms with Gasteiger partial charge in [-0.15, -0.1) is 0 Å². The summed E-state index contributed by atoms with van der Waals surface area (Å²) >= 11 is 0. The molecule has 1 saturated heterocycles. The third-order valence-electron chi connectivity index (χ3n) is 5.58. The molecule has 1 aliphatic heterocycles. The van der Waals surface area contributed by atoms with Gasteiger partial charge < -0.3 is 4.52 Å². The molecule has 0 aliphatic carbocycles. The van der Waals surface area contributed by atoms with Crippen molar-refractivity contribution >= 4 is 20.9 Å². The lowest BCUT2D eigenvalue weighted by Gasteiger charge is -2.36. The van der Waals surface area contributed by atoms with Crippen molar-refractivity contribution in [3.63, 3.8) is 0 Å². The van der Waals surface area contributed by atoms with Crippen LogP contribution in [0.25, 0.3) is 10.9 Å². The van der Waals surface area contributed by atoms with Gasteiger partial charge in [0.1, 0.15) is 4.90 Å². The number of fused-ring (bicyclic) bond motifs is 1. The summed E-state index contributed by atoms with van der Waals surface area (Å²) in [7, 11) is -3.63. The fourth-order valence-corrected chi connectivity index (χ4v) is 5.32. The summed E-state index contributed by atoms with van der Waals surface area (Å²) < 4.78 is 33.6. The summed E-state index contributed by atoms with van der Waals surface area (Å²) in [5.74, 6) is 1.47. The van der Waals surface area contributed by atoms with Crippen molar-refractivity contribution in [3.8, 4) is 0 Å². The highest BCUT2D eigenvalue weighted by Crippen LogP contribution is 2.27. The number of nitrogens with zero attached hydrogens (tertiary/aromatic N) is 5. The quantitative estimate of drug-likeness (QED) is 0.615. The molecule has 0 N–H and O–H groups in total. The molecule has 3 heterocycles. The van der Waals surface area contributed by atoms with Crippen molar-refractivity contribution in [1.82, 2.24) is 24.3 Å². The molecule has 0 spiro atoms. The summed E-state index contributed by atoms with van der Waals surface area (Å²) in [4.78, 5) is 11.3. The lowest BCUT2D eigenvalue weighted by molar-refractivity contribution is 0.124. The van der Waals surface area contributed by atoms with Crippen molar-refractivity contribution in [1.29, 1.82) is 0 Å². The minimum atomic E-state index is -3.63. The number of para-hydroxylation sites is 1. The Morgan fingerprint density at radius 3 is 2.50 bits per heavy atom. The molecule has 0 radical (unpaired) electrons. The van der Waals surface area contributed by atoms with Crippen LogP contribution >= 0.6 is 0 Å². The number of aromatic nitrogens is 3. The van der Waals surface area contributed by atoms with Crippen molar-refractivity contribution in [2.24, 2.45) is 0 Å². The monoisotopic (exact) mass is 429 g/mol. The zero-order valence-electron chi connectivity index (χ0n) is 17.7. The minimum absolute atomic E-state index is 0.0583. The molecule has 1 atom stereocenters. The normalized spacial score (nSPS) is 17.6. The number of pyridine rings is 1. The first kappa shape index (κ1) is 20.9. The van der Waals surface area contributed by atoms with Gasteiger partial charge >= 0.3 is 0 Å². The summed E-state index contributed by atoms with van der Waals surface area (Å²) in [5.41, 5.74) is 1.52. The van der Waals surface area contributed by atoms with Gasteiger partial charge in [-0.2, -0.15) is 9.29 Å². The zero-order chi connectivity index (χ0) is 21.5. The largest absolute Gasteiger partial charge is 0.338 e. The smallest absolute Gasteiger partial charge is 0.245 e. The van der Waals surface area contributed by atoms with Crippen LogP contribution in [0.5, 0.6) is 0 Å². The summed E-state index contributed by atoms with van der Waals surface area (Å²) in [6.45, 7) is 9.99. The van der Waals surface area contributed by atoms with E-state index in [0.29, 0.717) is 43.4 Å². The van der Waals surface area contributed by atoms with Crippen LogP contribution in [0.1, 0.15) is 50.0 Å². The van der Waals surface area contributed by atoms with E-state index in [-0.39, 0.29) is 16.9 Å². The van der Waals surface area contributed by atoms with Crippen LogP contribution in [0, 0.1) is 6.92 Å².